The first-order valence-corrected chi connectivity index (χ1v) is 8.81. The fraction of sp³-hybridized carbons (Fsp3) is 0.143. The number of benzene rings is 2. The lowest BCUT2D eigenvalue weighted by Crippen LogP contribution is -2.54. The number of nitrogen functional groups attached to an aromatic ring is 2. The fourth-order valence-electron chi connectivity index (χ4n) is 3.03. The fourth-order valence-corrected chi connectivity index (χ4v) is 3.03. The van der Waals surface area contributed by atoms with Gasteiger partial charge < -0.3 is 20.9 Å². The molecule has 12 heteroatoms. The van der Waals surface area contributed by atoms with Crippen molar-refractivity contribution in [2.45, 2.75) is 17.8 Å². The van der Waals surface area contributed by atoms with Crippen molar-refractivity contribution in [1.29, 1.82) is 0 Å². The molecule has 0 bridgehead atoms. The van der Waals surface area contributed by atoms with Crippen molar-refractivity contribution >= 4 is 23.3 Å². The Morgan fingerprint density at radius 1 is 0.727 bits per heavy atom. The summed E-state index contributed by atoms with van der Waals surface area (Å²) in [6.45, 7) is 6.25. The third kappa shape index (κ3) is 4.64. The van der Waals surface area contributed by atoms with Crippen molar-refractivity contribution in [3.8, 4) is 11.5 Å². The molecule has 33 heavy (non-hydrogen) atoms. The van der Waals surface area contributed by atoms with Crippen molar-refractivity contribution in [3.63, 3.8) is 0 Å². The predicted molar refractivity (Wildman–Crippen MR) is 106 cm³/mol. The van der Waals surface area contributed by atoms with Crippen molar-refractivity contribution < 1.29 is 45.4 Å². The van der Waals surface area contributed by atoms with Gasteiger partial charge in [-0.15, -0.1) is 0 Å². The summed E-state index contributed by atoms with van der Waals surface area (Å²) < 4.78 is 94.8. The van der Waals surface area contributed by atoms with Crippen LogP contribution in [0.25, 0.3) is 0 Å². The Hall–Kier alpha value is -3.96. The molecule has 0 atom stereocenters. The summed E-state index contributed by atoms with van der Waals surface area (Å²) in [4.78, 5) is 22.6. The molecular formula is C21H16F6N2O4. The first-order valence-electron chi connectivity index (χ1n) is 8.81. The standard InChI is InChI=1S/C21H16F6N2O4/c1-3-17(30)32-15-7-5-11(9-13(15)28)19(20(22,23)24,21(25,26)27)12-6-8-16(14(29)10-12)33-18(31)4-2/h3-10H,1-2,28-29H2. The van der Waals surface area contributed by atoms with E-state index < -0.39 is 63.7 Å². The highest BCUT2D eigenvalue weighted by Gasteiger charge is 2.72. The van der Waals surface area contributed by atoms with Gasteiger partial charge in [0.25, 0.3) is 0 Å². The van der Waals surface area contributed by atoms with E-state index in [0.29, 0.717) is 36.4 Å². The van der Waals surface area contributed by atoms with Crippen molar-refractivity contribution in [2.75, 3.05) is 11.5 Å². The normalized spacial score (nSPS) is 12.1. The SMILES string of the molecule is C=CC(=O)Oc1ccc(C(c2ccc(OC(=O)C=C)c(N)c2)(C(F)(F)F)C(F)(F)F)cc1N. The Balaban J connectivity index is 2.80. The first kappa shape index (κ1) is 25.3. The van der Waals surface area contributed by atoms with Crippen LogP contribution in [-0.4, -0.2) is 24.3 Å². The number of anilines is 2. The van der Waals surface area contributed by atoms with Gasteiger partial charge in [0.05, 0.1) is 11.4 Å². The lowest BCUT2D eigenvalue weighted by molar-refractivity contribution is -0.288. The maximum absolute atomic E-state index is 14.2. The summed E-state index contributed by atoms with van der Waals surface area (Å²) in [5.74, 6) is -2.98. The average Bonchev–Trinajstić information content (AvgIpc) is 2.69. The van der Waals surface area contributed by atoms with Gasteiger partial charge in [0.15, 0.2) is 11.5 Å². The largest absolute Gasteiger partial charge is 0.421 e. The van der Waals surface area contributed by atoms with Crippen LogP contribution in [-0.2, 0) is 15.0 Å². The molecule has 0 amide bonds. The summed E-state index contributed by atoms with van der Waals surface area (Å²) in [6, 6.07) is 3.14. The van der Waals surface area contributed by atoms with E-state index in [4.69, 9.17) is 20.9 Å². The van der Waals surface area contributed by atoms with E-state index in [-0.39, 0.29) is 0 Å². The van der Waals surface area contributed by atoms with Gasteiger partial charge >= 0.3 is 24.3 Å². The van der Waals surface area contributed by atoms with Crippen LogP contribution in [0.1, 0.15) is 11.1 Å². The van der Waals surface area contributed by atoms with Gasteiger partial charge in [0.1, 0.15) is 0 Å². The van der Waals surface area contributed by atoms with E-state index >= 15 is 0 Å². The Morgan fingerprint density at radius 2 is 1.06 bits per heavy atom. The molecule has 4 N–H and O–H groups in total. The topological polar surface area (TPSA) is 105 Å². The van der Waals surface area contributed by atoms with E-state index in [0.717, 1.165) is 12.2 Å². The monoisotopic (exact) mass is 474 g/mol. The molecule has 2 rings (SSSR count). The van der Waals surface area contributed by atoms with Crippen LogP contribution in [0.4, 0.5) is 37.7 Å². The number of esters is 2. The Labute approximate surface area is 183 Å². The van der Waals surface area contributed by atoms with Crippen LogP contribution in [0.3, 0.4) is 0 Å². The molecule has 6 nitrogen and oxygen atoms in total. The minimum Gasteiger partial charge on any atom is -0.421 e. The highest BCUT2D eigenvalue weighted by molar-refractivity contribution is 5.85. The average molecular weight is 474 g/mol. The van der Waals surface area contributed by atoms with Gasteiger partial charge in [-0.05, 0) is 35.4 Å². The lowest BCUT2D eigenvalue weighted by atomic mass is 9.72. The Kier molecular flexibility index (Phi) is 6.81. The third-order valence-electron chi connectivity index (χ3n) is 4.49. The molecule has 0 spiro atoms. The molecule has 0 aliphatic heterocycles. The van der Waals surface area contributed by atoms with Gasteiger partial charge in [-0.2, -0.15) is 26.3 Å². The maximum Gasteiger partial charge on any atom is 0.411 e. The Morgan fingerprint density at radius 3 is 1.30 bits per heavy atom. The Bertz CT molecular complexity index is 1020. The van der Waals surface area contributed by atoms with Crippen molar-refractivity contribution in [3.05, 3.63) is 72.8 Å². The summed E-state index contributed by atoms with van der Waals surface area (Å²) in [5.41, 5.74) is 2.62. The van der Waals surface area contributed by atoms with E-state index in [9.17, 15) is 35.9 Å². The number of alkyl halides is 6. The van der Waals surface area contributed by atoms with Crippen LogP contribution in [0, 0.1) is 0 Å². The summed E-state index contributed by atoms with van der Waals surface area (Å²) in [6.07, 6.45) is -10.4. The second-order valence-corrected chi connectivity index (χ2v) is 6.50. The smallest absolute Gasteiger partial charge is 0.411 e. The number of halogens is 6. The van der Waals surface area contributed by atoms with Crippen LogP contribution in [0.15, 0.2) is 61.7 Å². The van der Waals surface area contributed by atoms with E-state index in [1.807, 2.05) is 0 Å². The number of carbonyl (C=O) groups is 2. The van der Waals surface area contributed by atoms with E-state index in [1.54, 1.807) is 0 Å². The van der Waals surface area contributed by atoms with Gasteiger partial charge in [-0.25, -0.2) is 9.59 Å². The van der Waals surface area contributed by atoms with Gasteiger partial charge in [0.2, 0.25) is 5.41 Å². The molecule has 0 heterocycles. The summed E-state index contributed by atoms with van der Waals surface area (Å²) >= 11 is 0. The third-order valence-corrected chi connectivity index (χ3v) is 4.49. The highest BCUT2D eigenvalue weighted by atomic mass is 19.4. The molecule has 2 aromatic carbocycles. The van der Waals surface area contributed by atoms with E-state index in [1.165, 1.54) is 0 Å². The van der Waals surface area contributed by atoms with Crippen molar-refractivity contribution in [2.24, 2.45) is 0 Å². The molecular weight excluding hydrogens is 458 g/mol. The molecule has 0 aliphatic rings. The van der Waals surface area contributed by atoms with Crippen LogP contribution in [0.2, 0.25) is 0 Å². The number of rotatable bonds is 6. The van der Waals surface area contributed by atoms with Crippen LogP contribution >= 0.6 is 0 Å². The summed E-state index contributed by atoms with van der Waals surface area (Å²) in [5, 5.41) is 0. The zero-order chi connectivity index (χ0) is 25.2. The lowest BCUT2D eigenvalue weighted by Gasteiger charge is -2.38. The molecule has 0 aromatic heterocycles. The summed E-state index contributed by atoms with van der Waals surface area (Å²) in [7, 11) is 0. The van der Waals surface area contributed by atoms with Crippen LogP contribution in [0.5, 0.6) is 11.5 Å². The molecule has 0 saturated carbocycles. The number of carbonyl (C=O) groups excluding carboxylic acids is 2. The van der Waals surface area contributed by atoms with Gasteiger partial charge in [0, 0.05) is 12.2 Å². The molecule has 0 aliphatic carbocycles. The van der Waals surface area contributed by atoms with E-state index in [2.05, 4.69) is 13.2 Å². The molecule has 0 fully saturated rings. The second-order valence-electron chi connectivity index (χ2n) is 6.50. The first-order chi connectivity index (χ1) is 15.2. The molecule has 0 radical (unpaired) electrons. The molecule has 2 aromatic rings. The number of ether oxygens (including phenoxy) is 2. The molecule has 0 unspecified atom stereocenters. The minimum atomic E-state index is -5.93. The zero-order valence-electron chi connectivity index (χ0n) is 16.6. The van der Waals surface area contributed by atoms with Crippen molar-refractivity contribution in [1.82, 2.24) is 0 Å². The molecule has 176 valence electrons. The molecule has 0 saturated heterocycles. The predicted octanol–water partition coefficient (Wildman–Crippen LogP) is 4.44. The quantitative estimate of drug-likeness (QED) is 0.211. The number of hydrogen-bond acceptors (Lipinski definition) is 6. The maximum atomic E-state index is 14.2. The van der Waals surface area contributed by atoms with Gasteiger partial charge in [-0.3, -0.25) is 0 Å². The van der Waals surface area contributed by atoms with Gasteiger partial charge in [-0.1, -0.05) is 25.3 Å². The minimum absolute atomic E-state index is 0.397. The zero-order valence-corrected chi connectivity index (χ0v) is 16.6. The van der Waals surface area contributed by atoms with Crippen LogP contribution < -0.4 is 20.9 Å². The number of hydrogen-bond donors (Lipinski definition) is 2. The second kappa shape index (κ2) is 8.88. The highest BCUT2D eigenvalue weighted by Crippen LogP contribution is 2.57. The number of nitrogens with two attached hydrogens (primary N) is 2.